The number of nitrogens with one attached hydrogen (secondary N) is 2. The minimum absolute atomic E-state index is 0.206. The number of carbonyl (C=O) groups is 1. The van der Waals surface area contributed by atoms with Gasteiger partial charge in [-0.2, -0.15) is 0 Å². The number of carboxylic acids is 1. The van der Waals surface area contributed by atoms with E-state index in [0.29, 0.717) is 10.8 Å². The number of benzene rings is 2. The molecule has 9 nitrogen and oxygen atoms in total. The number of hydrogen-bond donors (Lipinski definition) is 3. The number of aromatic carboxylic acids is 1. The van der Waals surface area contributed by atoms with Crippen LogP contribution in [0.3, 0.4) is 0 Å². The van der Waals surface area contributed by atoms with Crippen molar-refractivity contribution in [3.8, 4) is 5.69 Å². The van der Waals surface area contributed by atoms with Crippen LogP contribution in [0.25, 0.3) is 5.69 Å². The molecule has 37 heavy (non-hydrogen) atoms. The van der Waals surface area contributed by atoms with Crippen molar-refractivity contribution in [2.75, 3.05) is 15.9 Å². The fourth-order valence-corrected chi connectivity index (χ4v) is 5.38. The van der Waals surface area contributed by atoms with E-state index in [-0.39, 0.29) is 17.6 Å². The first kappa shape index (κ1) is 24.5. The number of sulfonamides is 1. The number of aromatic nitrogens is 2. The van der Waals surface area contributed by atoms with Crippen LogP contribution in [0.1, 0.15) is 33.8 Å². The minimum atomic E-state index is -3.41. The molecule has 2 atom stereocenters. The third kappa shape index (κ3) is 5.04. The van der Waals surface area contributed by atoms with Crippen molar-refractivity contribution in [3.63, 3.8) is 0 Å². The summed E-state index contributed by atoms with van der Waals surface area (Å²) < 4.78 is 27.7. The van der Waals surface area contributed by atoms with Crippen molar-refractivity contribution in [3.05, 3.63) is 108 Å². The molecule has 1 saturated heterocycles. The fourth-order valence-electron chi connectivity index (χ4n) is 4.47. The Morgan fingerprint density at radius 2 is 1.70 bits per heavy atom. The highest BCUT2D eigenvalue weighted by Gasteiger charge is 2.42. The maximum absolute atomic E-state index is 11.6. The third-order valence-corrected chi connectivity index (χ3v) is 6.94. The van der Waals surface area contributed by atoms with Gasteiger partial charge in [-0.15, -0.1) is 0 Å². The zero-order chi connectivity index (χ0) is 26.2. The maximum Gasteiger partial charge on any atom is 0.335 e. The van der Waals surface area contributed by atoms with Gasteiger partial charge in [0.1, 0.15) is 6.04 Å². The summed E-state index contributed by atoms with van der Waals surface area (Å²) in [6.07, 6.45) is 4.75. The lowest BCUT2D eigenvalue weighted by atomic mass is 10.0. The van der Waals surface area contributed by atoms with Crippen LogP contribution in [0.4, 0.5) is 11.4 Å². The molecule has 1 fully saturated rings. The van der Waals surface area contributed by atoms with Crippen LogP contribution in [0.15, 0.2) is 91.3 Å². The molecule has 11 heteroatoms. The number of nitrogens with zero attached hydrogens (tertiary/aromatic N) is 3. The van der Waals surface area contributed by atoms with Gasteiger partial charge < -0.3 is 19.9 Å². The molecule has 4 aromatic rings. The highest BCUT2D eigenvalue weighted by atomic mass is 32.2. The van der Waals surface area contributed by atoms with E-state index in [0.717, 1.165) is 29.0 Å². The van der Waals surface area contributed by atoms with Gasteiger partial charge in [0, 0.05) is 35.1 Å². The lowest BCUT2D eigenvalue weighted by Crippen LogP contribution is -2.30. The van der Waals surface area contributed by atoms with Crippen LogP contribution in [0.2, 0.25) is 0 Å². The molecule has 0 unspecified atom stereocenters. The number of hydrogen-bond acceptors (Lipinski definition) is 5. The van der Waals surface area contributed by atoms with Gasteiger partial charge in [-0.05, 0) is 85.0 Å². The highest BCUT2D eigenvalue weighted by molar-refractivity contribution is 7.92. The SMILES string of the molecule is CS(=O)(=O)Nc1ccc(N2C(=S)N[C@H](c3ccccn3)[C@H]2c2cccn2-c2ccc(C(=O)O)cc2)cc1. The quantitative estimate of drug-likeness (QED) is 0.304. The van der Waals surface area contributed by atoms with Gasteiger partial charge in [0.25, 0.3) is 0 Å². The van der Waals surface area contributed by atoms with Crippen LogP contribution in [-0.2, 0) is 10.0 Å². The predicted molar refractivity (Wildman–Crippen MR) is 146 cm³/mol. The van der Waals surface area contributed by atoms with Crippen molar-refractivity contribution >= 4 is 44.7 Å². The Balaban J connectivity index is 1.59. The molecule has 2 aromatic heterocycles. The second-order valence-electron chi connectivity index (χ2n) is 8.57. The summed E-state index contributed by atoms with van der Waals surface area (Å²) in [5.74, 6) is -0.986. The summed E-state index contributed by atoms with van der Waals surface area (Å²) in [5.41, 5.74) is 3.94. The van der Waals surface area contributed by atoms with Crippen LogP contribution >= 0.6 is 12.2 Å². The van der Waals surface area contributed by atoms with Gasteiger partial charge in [0.2, 0.25) is 10.0 Å². The van der Waals surface area contributed by atoms with E-state index in [4.69, 9.17) is 12.2 Å². The van der Waals surface area contributed by atoms with Crippen LogP contribution in [0, 0.1) is 0 Å². The summed E-state index contributed by atoms with van der Waals surface area (Å²) in [6, 6.07) is 22.7. The number of rotatable bonds is 7. The summed E-state index contributed by atoms with van der Waals surface area (Å²) in [4.78, 5) is 17.9. The first-order chi connectivity index (χ1) is 17.7. The average Bonchev–Trinajstić information content (AvgIpc) is 3.48. The Kier molecular flexibility index (Phi) is 6.40. The molecule has 3 heterocycles. The monoisotopic (exact) mass is 533 g/mol. The van der Waals surface area contributed by atoms with Crippen molar-refractivity contribution in [1.82, 2.24) is 14.9 Å². The number of anilines is 2. The standard InChI is InChI=1S/C26H23N5O4S2/c1-37(34,35)29-18-9-13-20(14-10-18)31-24(23(28-26(31)36)21-5-2-3-15-27-21)22-6-4-16-30(22)19-11-7-17(8-12-19)25(32)33/h2-16,23-24,29H,1H3,(H,28,36)(H,32,33)/t23-,24-/m1/s1. The van der Waals surface area contributed by atoms with Gasteiger partial charge in [-0.3, -0.25) is 9.71 Å². The smallest absolute Gasteiger partial charge is 0.335 e. The molecule has 0 bridgehead atoms. The summed E-state index contributed by atoms with van der Waals surface area (Å²) in [6.45, 7) is 0. The number of carboxylic acid groups (broad SMARTS) is 1. The van der Waals surface area contributed by atoms with Crippen molar-refractivity contribution < 1.29 is 18.3 Å². The molecule has 5 rings (SSSR count). The Morgan fingerprint density at radius 1 is 1.00 bits per heavy atom. The Labute approximate surface area is 219 Å². The molecule has 0 amide bonds. The van der Waals surface area contributed by atoms with Crippen LogP contribution < -0.4 is 14.9 Å². The van der Waals surface area contributed by atoms with Crippen molar-refractivity contribution in [2.45, 2.75) is 12.1 Å². The summed E-state index contributed by atoms with van der Waals surface area (Å²) in [7, 11) is -3.41. The predicted octanol–water partition coefficient (Wildman–Crippen LogP) is 4.12. The lowest BCUT2D eigenvalue weighted by Gasteiger charge is -2.29. The highest BCUT2D eigenvalue weighted by Crippen LogP contribution is 2.42. The summed E-state index contributed by atoms with van der Waals surface area (Å²) >= 11 is 5.78. The average molecular weight is 534 g/mol. The molecule has 1 aliphatic rings. The lowest BCUT2D eigenvalue weighted by molar-refractivity contribution is 0.0697. The molecule has 0 radical (unpaired) electrons. The molecular formula is C26H23N5O4S2. The van der Waals surface area contributed by atoms with E-state index in [1.807, 2.05) is 58.1 Å². The number of pyridine rings is 1. The third-order valence-electron chi connectivity index (χ3n) is 6.02. The van der Waals surface area contributed by atoms with E-state index in [1.54, 1.807) is 42.6 Å². The van der Waals surface area contributed by atoms with Crippen molar-refractivity contribution in [2.24, 2.45) is 0 Å². The molecule has 0 saturated carbocycles. The molecule has 1 aliphatic heterocycles. The largest absolute Gasteiger partial charge is 0.478 e. The van der Waals surface area contributed by atoms with Gasteiger partial charge in [0.05, 0.1) is 23.6 Å². The van der Waals surface area contributed by atoms with Crippen LogP contribution in [0.5, 0.6) is 0 Å². The normalized spacial score (nSPS) is 17.4. The zero-order valence-electron chi connectivity index (χ0n) is 19.6. The second-order valence-corrected chi connectivity index (χ2v) is 10.7. The van der Waals surface area contributed by atoms with Gasteiger partial charge in [-0.1, -0.05) is 6.07 Å². The Hall–Kier alpha value is -4.22. The van der Waals surface area contributed by atoms with Gasteiger partial charge in [0.15, 0.2) is 5.11 Å². The van der Waals surface area contributed by atoms with E-state index < -0.39 is 16.0 Å². The molecule has 3 N–H and O–H groups in total. The van der Waals surface area contributed by atoms with E-state index in [1.165, 1.54) is 0 Å². The fraction of sp³-hybridized carbons (Fsp3) is 0.115. The first-order valence-electron chi connectivity index (χ1n) is 11.3. The second kappa shape index (κ2) is 9.68. The maximum atomic E-state index is 11.6. The molecule has 2 aromatic carbocycles. The molecule has 188 valence electrons. The van der Waals surface area contributed by atoms with E-state index in [9.17, 15) is 18.3 Å². The molecule has 0 aliphatic carbocycles. The van der Waals surface area contributed by atoms with Gasteiger partial charge >= 0.3 is 5.97 Å². The number of thiocarbonyl (C=S) groups is 1. The van der Waals surface area contributed by atoms with Crippen LogP contribution in [-0.4, -0.2) is 40.4 Å². The van der Waals surface area contributed by atoms with Crippen molar-refractivity contribution in [1.29, 1.82) is 0 Å². The first-order valence-corrected chi connectivity index (χ1v) is 13.6. The van der Waals surface area contributed by atoms with Gasteiger partial charge in [-0.25, -0.2) is 13.2 Å². The summed E-state index contributed by atoms with van der Waals surface area (Å²) in [5, 5.41) is 13.2. The topological polar surface area (TPSA) is 117 Å². The molecule has 0 spiro atoms. The Bertz CT molecular complexity index is 1550. The minimum Gasteiger partial charge on any atom is -0.478 e. The molecular weight excluding hydrogens is 510 g/mol. The van der Waals surface area contributed by atoms with E-state index >= 15 is 0 Å². The van der Waals surface area contributed by atoms with E-state index in [2.05, 4.69) is 15.0 Å². The Morgan fingerprint density at radius 3 is 2.32 bits per heavy atom. The zero-order valence-corrected chi connectivity index (χ0v) is 21.3.